The minimum Gasteiger partial charge on any atom is -0.250 e. The molecule has 0 spiro atoms. The standard InChI is InChI=1S/C3H7FO2S/c1-7(5,6)3-2-4/h2-3H2,1H3. The van der Waals surface area contributed by atoms with Crippen LogP contribution in [0.3, 0.4) is 0 Å². The van der Waals surface area contributed by atoms with Crippen LogP contribution in [0.25, 0.3) is 0 Å². The molecule has 0 heterocycles. The van der Waals surface area contributed by atoms with Crippen LogP contribution >= 0.6 is 0 Å². The Morgan fingerprint density at radius 2 is 2.00 bits per heavy atom. The molecule has 0 amide bonds. The third-order valence-corrected chi connectivity index (χ3v) is 1.34. The average Bonchev–Trinajstić information content (AvgIpc) is 1.30. The third-order valence-electron chi connectivity index (χ3n) is 0.448. The van der Waals surface area contributed by atoms with Crippen LogP contribution in [0, 0.1) is 0 Å². The van der Waals surface area contributed by atoms with Crippen LogP contribution < -0.4 is 0 Å². The summed E-state index contributed by atoms with van der Waals surface area (Å²) in [6, 6.07) is 0. The molecule has 4 heteroatoms. The van der Waals surface area contributed by atoms with Gasteiger partial charge in [-0.05, 0) is 0 Å². The topological polar surface area (TPSA) is 34.1 Å². The summed E-state index contributed by atoms with van der Waals surface area (Å²) < 4.78 is 31.1. The number of sulfone groups is 1. The first-order valence-electron chi connectivity index (χ1n) is 1.80. The molecule has 44 valence electrons. The van der Waals surface area contributed by atoms with Gasteiger partial charge in [0.05, 0.1) is 5.75 Å². The lowest BCUT2D eigenvalue weighted by Gasteiger charge is -1.85. The maximum atomic E-state index is 11.1. The number of alkyl halides is 1. The Hall–Kier alpha value is -0.120. The van der Waals surface area contributed by atoms with E-state index in [0.29, 0.717) is 0 Å². The average molecular weight is 126 g/mol. The zero-order valence-corrected chi connectivity index (χ0v) is 4.83. The highest BCUT2D eigenvalue weighted by atomic mass is 32.2. The van der Waals surface area contributed by atoms with E-state index < -0.39 is 16.5 Å². The molecule has 0 aromatic rings. The summed E-state index contributed by atoms with van der Waals surface area (Å²) in [5, 5.41) is 0. The molecular weight excluding hydrogens is 119 g/mol. The van der Waals surface area contributed by atoms with Crippen molar-refractivity contribution >= 4 is 9.84 Å². The molecule has 0 rings (SSSR count). The molecule has 0 aromatic carbocycles. The Balaban J connectivity index is 3.60. The summed E-state index contributed by atoms with van der Waals surface area (Å²) in [5.74, 6) is -0.354. The quantitative estimate of drug-likeness (QED) is 0.522. The first kappa shape index (κ1) is 6.88. The van der Waals surface area contributed by atoms with Crippen molar-refractivity contribution in [2.45, 2.75) is 0 Å². The van der Waals surface area contributed by atoms with Gasteiger partial charge in [0, 0.05) is 6.26 Å². The molecule has 0 aromatic heterocycles. The Morgan fingerprint density at radius 1 is 1.57 bits per heavy atom. The van der Waals surface area contributed by atoms with Gasteiger partial charge in [0.2, 0.25) is 0 Å². The van der Waals surface area contributed by atoms with Crippen molar-refractivity contribution in [3.05, 3.63) is 0 Å². The molecule has 7 heavy (non-hydrogen) atoms. The van der Waals surface area contributed by atoms with Crippen LogP contribution in [0.15, 0.2) is 0 Å². The second-order valence-corrected chi connectivity index (χ2v) is 3.58. The molecule has 0 saturated carbocycles. The van der Waals surface area contributed by atoms with Crippen molar-refractivity contribution < 1.29 is 12.8 Å². The smallest absolute Gasteiger partial charge is 0.150 e. The van der Waals surface area contributed by atoms with Crippen LogP contribution in [0.4, 0.5) is 4.39 Å². The zero-order valence-electron chi connectivity index (χ0n) is 4.02. The second-order valence-electron chi connectivity index (χ2n) is 1.32. The predicted molar refractivity (Wildman–Crippen MR) is 25.7 cm³/mol. The molecule has 0 aliphatic rings. The lowest BCUT2D eigenvalue weighted by molar-refractivity contribution is 0.519. The monoisotopic (exact) mass is 126 g/mol. The van der Waals surface area contributed by atoms with Gasteiger partial charge < -0.3 is 0 Å². The van der Waals surface area contributed by atoms with E-state index in [9.17, 15) is 12.8 Å². The van der Waals surface area contributed by atoms with Crippen LogP contribution in [0.2, 0.25) is 0 Å². The molecule has 0 aliphatic heterocycles. The predicted octanol–water partition coefficient (Wildman–Crippen LogP) is 0.000500. The fourth-order valence-electron chi connectivity index (χ4n) is 0.140. The molecule has 0 aliphatic carbocycles. The van der Waals surface area contributed by atoms with Crippen LogP contribution in [0.1, 0.15) is 0 Å². The highest BCUT2D eigenvalue weighted by Crippen LogP contribution is 1.80. The van der Waals surface area contributed by atoms with Gasteiger partial charge in [-0.25, -0.2) is 12.8 Å². The highest BCUT2D eigenvalue weighted by molar-refractivity contribution is 7.90. The summed E-state index contributed by atoms with van der Waals surface area (Å²) >= 11 is 0. The van der Waals surface area contributed by atoms with Crippen LogP contribution in [-0.2, 0) is 9.84 Å². The molecule has 0 atom stereocenters. The fraction of sp³-hybridized carbons (Fsp3) is 1.00. The van der Waals surface area contributed by atoms with Gasteiger partial charge in [0.1, 0.15) is 16.5 Å². The normalized spacial score (nSPS) is 11.7. The Kier molecular flexibility index (Phi) is 2.22. The molecular formula is C3H7FO2S. The molecule has 0 bridgehead atoms. The van der Waals surface area contributed by atoms with Crippen molar-refractivity contribution in [3.63, 3.8) is 0 Å². The number of hydrogen-bond acceptors (Lipinski definition) is 2. The van der Waals surface area contributed by atoms with E-state index >= 15 is 0 Å². The van der Waals surface area contributed by atoms with E-state index in [1.54, 1.807) is 0 Å². The molecule has 0 unspecified atom stereocenters. The fourth-order valence-corrected chi connectivity index (χ4v) is 0.420. The molecule has 2 nitrogen and oxygen atoms in total. The van der Waals surface area contributed by atoms with E-state index in [4.69, 9.17) is 0 Å². The summed E-state index contributed by atoms with van der Waals surface area (Å²) in [6.07, 6.45) is 1.01. The van der Waals surface area contributed by atoms with Gasteiger partial charge in [-0.2, -0.15) is 0 Å². The summed E-state index contributed by atoms with van der Waals surface area (Å²) in [4.78, 5) is 0. The van der Waals surface area contributed by atoms with Crippen molar-refractivity contribution in [2.24, 2.45) is 0 Å². The second kappa shape index (κ2) is 2.26. The number of rotatable bonds is 2. The summed E-state index contributed by atoms with van der Waals surface area (Å²) in [5.41, 5.74) is 0. The first-order chi connectivity index (χ1) is 3.06. The first-order valence-corrected chi connectivity index (χ1v) is 3.86. The van der Waals surface area contributed by atoms with E-state index in [0.717, 1.165) is 6.26 Å². The molecule has 0 N–H and O–H groups in total. The SMILES string of the molecule is CS(=O)(=O)CCF. The minimum atomic E-state index is -3.05. The van der Waals surface area contributed by atoms with E-state index in [1.807, 2.05) is 0 Å². The van der Waals surface area contributed by atoms with Gasteiger partial charge in [-0.3, -0.25) is 0 Å². The largest absolute Gasteiger partial charge is 0.250 e. The van der Waals surface area contributed by atoms with Crippen molar-refractivity contribution in [2.75, 3.05) is 18.7 Å². The van der Waals surface area contributed by atoms with Gasteiger partial charge in [-0.15, -0.1) is 0 Å². The maximum absolute atomic E-state index is 11.1. The van der Waals surface area contributed by atoms with Crippen molar-refractivity contribution in [3.8, 4) is 0 Å². The van der Waals surface area contributed by atoms with Crippen LogP contribution in [0.5, 0.6) is 0 Å². The molecule has 0 saturated heterocycles. The maximum Gasteiger partial charge on any atom is 0.150 e. The Labute approximate surface area is 42.3 Å². The van der Waals surface area contributed by atoms with E-state index in [1.165, 1.54) is 0 Å². The number of halogens is 1. The lowest BCUT2D eigenvalue weighted by atomic mass is 10.9. The van der Waals surface area contributed by atoms with Crippen LogP contribution in [-0.4, -0.2) is 27.1 Å². The molecule has 0 radical (unpaired) electrons. The van der Waals surface area contributed by atoms with Crippen molar-refractivity contribution in [1.29, 1.82) is 0 Å². The van der Waals surface area contributed by atoms with E-state index in [-0.39, 0.29) is 5.75 Å². The number of hydrogen-bond donors (Lipinski definition) is 0. The van der Waals surface area contributed by atoms with E-state index in [2.05, 4.69) is 0 Å². The third kappa shape index (κ3) is 5.88. The Bertz CT molecular complexity index is 126. The summed E-state index contributed by atoms with van der Waals surface area (Å²) in [6.45, 7) is -0.779. The van der Waals surface area contributed by atoms with Gasteiger partial charge in [0.15, 0.2) is 0 Å². The highest BCUT2D eigenvalue weighted by Gasteiger charge is 1.97. The summed E-state index contributed by atoms with van der Waals surface area (Å²) in [7, 11) is -3.05. The van der Waals surface area contributed by atoms with Crippen molar-refractivity contribution in [1.82, 2.24) is 0 Å². The van der Waals surface area contributed by atoms with Gasteiger partial charge >= 0.3 is 0 Å². The molecule has 0 fully saturated rings. The van der Waals surface area contributed by atoms with Gasteiger partial charge in [0.25, 0.3) is 0 Å². The Morgan fingerprint density at radius 3 is 2.00 bits per heavy atom. The minimum absolute atomic E-state index is 0.354. The zero-order chi connectivity index (χ0) is 5.91. The van der Waals surface area contributed by atoms with Gasteiger partial charge in [-0.1, -0.05) is 0 Å². The lowest BCUT2D eigenvalue weighted by Crippen LogP contribution is -2.03.